The molecule has 0 fully saturated rings. The van der Waals surface area contributed by atoms with Crippen molar-refractivity contribution < 1.29 is 55.5 Å². The summed E-state index contributed by atoms with van der Waals surface area (Å²) in [5.41, 5.74) is -1.31. The number of hydroxylamine groups is 2. The van der Waals surface area contributed by atoms with Crippen molar-refractivity contribution in [2.45, 2.75) is 54.3 Å². The molecule has 0 aliphatic rings. The average molecular weight is 567 g/mol. The van der Waals surface area contributed by atoms with Crippen LogP contribution in [0.2, 0.25) is 0 Å². The number of ether oxygens (including phenoxy) is 2. The summed E-state index contributed by atoms with van der Waals surface area (Å²) < 4.78 is 72.2. The zero-order valence-corrected chi connectivity index (χ0v) is 23.0. The zero-order valence-electron chi connectivity index (χ0n) is 22.1. The second-order valence-corrected chi connectivity index (χ2v) is 11.8. The molecule has 0 bridgehead atoms. The van der Waals surface area contributed by atoms with E-state index in [1.165, 1.54) is 0 Å². The Morgan fingerprint density at radius 1 is 0.868 bits per heavy atom. The standard InChI is InChI=1S/C24H33F3NO9P/c1-22(2,3)20(30)33-16-36-38(32,37-17-34-21(31)23(4,5)6)14-10-13-28(19(29)24(25,26)27)35-15-18-11-8-7-9-12-18/h7-12,14H,13,15-17H2,1-6H3/b14-10+. The molecule has 0 aliphatic carbocycles. The number of amides is 1. The third kappa shape index (κ3) is 12.2. The molecule has 0 saturated heterocycles. The molecule has 0 radical (unpaired) electrons. The number of carbonyl (C=O) groups excluding carboxylic acids is 3. The molecular weight excluding hydrogens is 534 g/mol. The normalized spacial score (nSPS) is 12.9. The van der Waals surface area contributed by atoms with Crippen LogP contribution < -0.4 is 0 Å². The van der Waals surface area contributed by atoms with Crippen LogP contribution in [0, 0.1) is 10.8 Å². The minimum Gasteiger partial charge on any atom is -0.438 e. The molecular formula is C24H33F3NO9P. The van der Waals surface area contributed by atoms with Gasteiger partial charge >= 0.3 is 31.6 Å². The number of rotatable bonds is 12. The minimum atomic E-state index is -5.25. The number of hydrogen-bond acceptors (Lipinski definition) is 9. The van der Waals surface area contributed by atoms with Crippen LogP contribution in [0.4, 0.5) is 13.2 Å². The van der Waals surface area contributed by atoms with Gasteiger partial charge in [0.25, 0.3) is 0 Å². The summed E-state index contributed by atoms with van der Waals surface area (Å²) in [6.45, 7) is 6.59. The van der Waals surface area contributed by atoms with E-state index in [1.54, 1.807) is 71.9 Å². The predicted octanol–water partition coefficient (Wildman–Crippen LogP) is 5.34. The number of halogens is 3. The summed E-state index contributed by atoms with van der Waals surface area (Å²) in [7, 11) is -4.35. The summed E-state index contributed by atoms with van der Waals surface area (Å²) in [6.07, 6.45) is -4.36. The van der Waals surface area contributed by atoms with Crippen LogP contribution in [0.1, 0.15) is 47.1 Å². The third-order valence-corrected chi connectivity index (χ3v) is 5.83. The second kappa shape index (κ2) is 13.9. The van der Waals surface area contributed by atoms with Gasteiger partial charge in [0.2, 0.25) is 13.6 Å². The molecule has 10 nitrogen and oxygen atoms in total. The monoisotopic (exact) mass is 567 g/mol. The highest BCUT2D eigenvalue weighted by molar-refractivity contribution is 7.57. The van der Waals surface area contributed by atoms with Gasteiger partial charge in [-0.05, 0) is 47.1 Å². The lowest BCUT2D eigenvalue weighted by Gasteiger charge is -2.22. The van der Waals surface area contributed by atoms with Crippen LogP contribution in [-0.2, 0) is 48.9 Å². The molecule has 1 aromatic carbocycles. The molecule has 0 atom stereocenters. The lowest BCUT2D eigenvalue weighted by Crippen LogP contribution is -2.41. The maximum atomic E-state index is 13.1. The van der Waals surface area contributed by atoms with Crippen LogP contribution in [-0.4, -0.2) is 49.2 Å². The molecule has 0 heterocycles. The number of alkyl halides is 3. The third-order valence-electron chi connectivity index (χ3n) is 4.33. The van der Waals surface area contributed by atoms with Crippen molar-refractivity contribution in [2.24, 2.45) is 10.8 Å². The Bertz CT molecular complexity index is 980. The van der Waals surface area contributed by atoms with Crippen LogP contribution in [0.3, 0.4) is 0 Å². The molecule has 1 aromatic rings. The van der Waals surface area contributed by atoms with E-state index in [2.05, 4.69) is 0 Å². The molecule has 214 valence electrons. The van der Waals surface area contributed by atoms with Crippen LogP contribution >= 0.6 is 7.60 Å². The van der Waals surface area contributed by atoms with Crippen molar-refractivity contribution in [3.05, 3.63) is 47.8 Å². The van der Waals surface area contributed by atoms with Crippen LogP contribution in [0.25, 0.3) is 0 Å². The fourth-order valence-electron chi connectivity index (χ4n) is 2.20. The van der Waals surface area contributed by atoms with E-state index < -0.39 is 62.6 Å². The molecule has 14 heteroatoms. The van der Waals surface area contributed by atoms with E-state index in [9.17, 15) is 32.1 Å². The van der Waals surface area contributed by atoms with E-state index in [4.69, 9.17) is 23.4 Å². The molecule has 0 aliphatic heterocycles. The number of carbonyl (C=O) groups is 3. The number of benzene rings is 1. The van der Waals surface area contributed by atoms with Gasteiger partial charge in [-0.3, -0.25) is 32.8 Å². The van der Waals surface area contributed by atoms with Crippen molar-refractivity contribution in [1.82, 2.24) is 5.06 Å². The van der Waals surface area contributed by atoms with E-state index in [0.717, 1.165) is 11.9 Å². The van der Waals surface area contributed by atoms with E-state index in [-0.39, 0.29) is 11.7 Å². The molecule has 0 N–H and O–H groups in total. The molecule has 1 rings (SSSR count). The first kappa shape index (κ1) is 33.3. The molecule has 0 aromatic heterocycles. The molecule has 1 amide bonds. The van der Waals surface area contributed by atoms with Gasteiger partial charge in [0.1, 0.15) is 6.61 Å². The van der Waals surface area contributed by atoms with Gasteiger partial charge in [0, 0.05) is 5.82 Å². The fraction of sp³-hybridized carbons (Fsp3) is 0.542. The Morgan fingerprint density at radius 3 is 1.76 bits per heavy atom. The maximum Gasteiger partial charge on any atom is 0.473 e. The second-order valence-electron chi connectivity index (χ2n) is 9.91. The highest BCUT2D eigenvalue weighted by atomic mass is 31.2. The Kier molecular flexibility index (Phi) is 12.2. The van der Waals surface area contributed by atoms with Gasteiger partial charge in [-0.2, -0.15) is 13.2 Å². The van der Waals surface area contributed by atoms with Crippen molar-refractivity contribution in [1.29, 1.82) is 0 Å². The number of hydrogen-bond donors (Lipinski definition) is 0. The highest BCUT2D eigenvalue weighted by Crippen LogP contribution is 2.50. The van der Waals surface area contributed by atoms with Crippen molar-refractivity contribution >= 4 is 25.4 Å². The van der Waals surface area contributed by atoms with Crippen molar-refractivity contribution in [3.8, 4) is 0 Å². The number of esters is 2. The summed E-state index contributed by atoms with van der Waals surface area (Å²) in [5, 5.41) is 0.0348. The Balaban J connectivity index is 2.99. The molecule has 0 spiro atoms. The summed E-state index contributed by atoms with van der Waals surface area (Å²) >= 11 is 0. The fourth-order valence-corrected chi connectivity index (χ4v) is 3.20. The smallest absolute Gasteiger partial charge is 0.438 e. The topological polar surface area (TPSA) is 118 Å². The molecule has 0 unspecified atom stereocenters. The Labute approximate surface area is 219 Å². The SMILES string of the molecule is CC(C)(C)C(=O)OCOP(=O)(/C=C/CN(OCc1ccccc1)C(=O)C(F)(F)F)OCOC(=O)C(C)(C)C. The molecule has 0 saturated carbocycles. The van der Waals surface area contributed by atoms with Gasteiger partial charge in [-0.25, -0.2) is 5.06 Å². The Morgan fingerprint density at radius 2 is 1.34 bits per heavy atom. The first-order chi connectivity index (χ1) is 17.3. The quantitative estimate of drug-likeness (QED) is 0.143. The van der Waals surface area contributed by atoms with Gasteiger partial charge in [-0.15, -0.1) is 0 Å². The molecule has 38 heavy (non-hydrogen) atoms. The minimum absolute atomic E-state index is 0.0348. The van der Waals surface area contributed by atoms with E-state index in [1.807, 2.05) is 0 Å². The highest BCUT2D eigenvalue weighted by Gasteiger charge is 2.43. The lowest BCUT2D eigenvalue weighted by atomic mass is 9.98. The van der Waals surface area contributed by atoms with Gasteiger partial charge in [0.05, 0.1) is 17.4 Å². The summed E-state index contributed by atoms with van der Waals surface area (Å²) in [4.78, 5) is 40.7. The summed E-state index contributed by atoms with van der Waals surface area (Å²) in [5.74, 6) is -2.94. The largest absolute Gasteiger partial charge is 0.473 e. The van der Waals surface area contributed by atoms with Gasteiger partial charge in [0.15, 0.2) is 0 Å². The van der Waals surface area contributed by atoms with Gasteiger partial charge < -0.3 is 9.47 Å². The lowest BCUT2D eigenvalue weighted by molar-refractivity contribution is -0.231. The maximum absolute atomic E-state index is 13.1. The van der Waals surface area contributed by atoms with Crippen LogP contribution in [0.5, 0.6) is 0 Å². The van der Waals surface area contributed by atoms with Gasteiger partial charge in [-0.1, -0.05) is 36.4 Å². The van der Waals surface area contributed by atoms with Crippen LogP contribution in [0.15, 0.2) is 42.2 Å². The zero-order chi connectivity index (χ0) is 29.2. The van der Waals surface area contributed by atoms with Crippen molar-refractivity contribution in [3.63, 3.8) is 0 Å². The Hall–Kier alpha value is -2.73. The van der Waals surface area contributed by atoms with Crippen molar-refractivity contribution in [2.75, 3.05) is 20.1 Å². The predicted molar refractivity (Wildman–Crippen MR) is 129 cm³/mol. The van der Waals surface area contributed by atoms with E-state index in [0.29, 0.717) is 5.56 Å². The average Bonchev–Trinajstić information content (AvgIpc) is 2.79. The number of nitrogens with zero attached hydrogens (tertiary/aromatic N) is 1. The summed E-state index contributed by atoms with van der Waals surface area (Å²) in [6, 6.07) is 8.14. The first-order valence-electron chi connectivity index (χ1n) is 11.3. The first-order valence-corrected chi connectivity index (χ1v) is 12.9. The van der Waals surface area contributed by atoms with E-state index >= 15 is 0 Å².